The quantitative estimate of drug-likeness (QED) is 0.495. The van der Waals surface area contributed by atoms with Crippen molar-refractivity contribution in [1.29, 1.82) is 0 Å². The zero-order valence-electron chi connectivity index (χ0n) is 13.0. The summed E-state index contributed by atoms with van der Waals surface area (Å²) in [6.45, 7) is 13.6. The normalized spacial score (nSPS) is 12.8. The van der Waals surface area contributed by atoms with E-state index in [1.54, 1.807) is 11.3 Å². The maximum atomic E-state index is 6.09. The number of hydrogen-bond donors (Lipinski definition) is 0. The molecular formula is C17H22ClS2+. The molecule has 0 amide bonds. The van der Waals surface area contributed by atoms with Crippen molar-refractivity contribution in [2.45, 2.75) is 52.4 Å². The van der Waals surface area contributed by atoms with Gasteiger partial charge in [-0.15, -0.1) is 11.3 Å². The van der Waals surface area contributed by atoms with Gasteiger partial charge in [0.1, 0.15) is 0 Å². The summed E-state index contributed by atoms with van der Waals surface area (Å²) in [5.41, 5.74) is 1.62. The van der Waals surface area contributed by atoms with Gasteiger partial charge in [0.15, 0.2) is 0 Å². The minimum Gasteiger partial charge on any atom is -0.123 e. The fourth-order valence-corrected chi connectivity index (χ4v) is 4.10. The molecule has 2 aromatic heterocycles. The molecule has 0 spiro atoms. The molecule has 0 aliphatic heterocycles. The minimum absolute atomic E-state index is 0.168. The number of halogens is 1. The van der Waals surface area contributed by atoms with Gasteiger partial charge < -0.3 is 0 Å². The number of rotatable bonds is 1. The molecule has 0 atom stereocenters. The molecule has 2 rings (SSSR count). The molecule has 2 aromatic rings. The summed E-state index contributed by atoms with van der Waals surface area (Å²) in [5, 5.41) is 0. The van der Waals surface area contributed by atoms with Crippen molar-refractivity contribution < 1.29 is 0 Å². The van der Waals surface area contributed by atoms with E-state index in [4.69, 9.17) is 11.6 Å². The van der Waals surface area contributed by atoms with Gasteiger partial charge in [-0.05, 0) is 12.1 Å². The lowest BCUT2D eigenvalue weighted by atomic mass is 9.91. The zero-order chi connectivity index (χ0) is 15.1. The van der Waals surface area contributed by atoms with E-state index in [9.17, 15) is 0 Å². The molecule has 108 valence electrons. The maximum absolute atomic E-state index is 6.09. The highest BCUT2D eigenvalue weighted by Gasteiger charge is 2.32. The van der Waals surface area contributed by atoms with Gasteiger partial charge in [-0.25, -0.2) is 0 Å². The summed E-state index contributed by atoms with van der Waals surface area (Å²) < 4.78 is 0.849. The Kier molecular flexibility index (Phi) is 4.30. The van der Waals surface area contributed by atoms with Crippen LogP contribution < -0.4 is 0 Å². The van der Waals surface area contributed by atoms with Crippen molar-refractivity contribution >= 4 is 34.3 Å². The van der Waals surface area contributed by atoms with E-state index in [1.165, 1.54) is 20.2 Å². The molecule has 0 radical (unpaired) electrons. The summed E-state index contributed by atoms with van der Waals surface area (Å²) in [6, 6.07) is 8.74. The van der Waals surface area contributed by atoms with Crippen molar-refractivity contribution in [3.63, 3.8) is 0 Å². The Bertz CT molecular complexity index is 580. The Morgan fingerprint density at radius 3 is 1.75 bits per heavy atom. The monoisotopic (exact) mass is 325 g/mol. The van der Waals surface area contributed by atoms with Crippen LogP contribution in [0.2, 0.25) is 4.34 Å². The van der Waals surface area contributed by atoms with Crippen molar-refractivity contribution in [3.8, 4) is 10.4 Å². The summed E-state index contributed by atoms with van der Waals surface area (Å²) in [6.07, 6.45) is 0. The highest BCUT2D eigenvalue weighted by molar-refractivity contribution is 7.19. The van der Waals surface area contributed by atoms with E-state index in [-0.39, 0.29) is 10.8 Å². The van der Waals surface area contributed by atoms with Gasteiger partial charge in [0.05, 0.1) is 4.34 Å². The Morgan fingerprint density at radius 1 is 0.900 bits per heavy atom. The standard InChI is InChI=1S/C17H22ClS2/c1-16(2,3)13-9-11(12-7-8-15(18)19-12)10-14(20-13)17(4,5)6/h7-10H,1-6H3/q+1. The minimum atomic E-state index is 0.168. The van der Waals surface area contributed by atoms with Gasteiger partial charge in [-0.2, -0.15) is 0 Å². The van der Waals surface area contributed by atoms with Crippen LogP contribution in [0, 0.1) is 0 Å². The molecule has 0 aliphatic carbocycles. The maximum Gasteiger partial charge on any atom is 0.219 e. The fourth-order valence-electron chi connectivity index (χ4n) is 1.85. The lowest BCUT2D eigenvalue weighted by Crippen LogP contribution is -2.14. The third-order valence-corrected chi connectivity index (χ3v) is 6.31. The Labute approximate surface area is 135 Å². The molecule has 3 heteroatoms. The molecule has 0 saturated heterocycles. The van der Waals surface area contributed by atoms with Gasteiger partial charge in [0.25, 0.3) is 0 Å². The highest BCUT2D eigenvalue weighted by Crippen LogP contribution is 2.40. The summed E-state index contributed by atoms with van der Waals surface area (Å²) >= 11 is 9.66. The number of thiophene rings is 1. The molecule has 0 fully saturated rings. The average Bonchev–Trinajstić information content (AvgIpc) is 2.73. The molecule has 0 nitrogen and oxygen atoms in total. The highest BCUT2D eigenvalue weighted by atomic mass is 35.5. The van der Waals surface area contributed by atoms with Crippen LogP contribution in [-0.4, -0.2) is 0 Å². The van der Waals surface area contributed by atoms with Gasteiger partial charge in [-0.1, -0.05) is 53.1 Å². The van der Waals surface area contributed by atoms with Gasteiger partial charge in [-0.3, -0.25) is 0 Å². The topological polar surface area (TPSA) is 0 Å². The SMILES string of the molecule is CC(C)(C)c1cc(-c2ccc(Cl)s2)cc(C(C)(C)C)[s+]1. The van der Waals surface area contributed by atoms with Crippen LogP contribution in [0.4, 0.5) is 0 Å². The molecule has 0 unspecified atom stereocenters. The van der Waals surface area contributed by atoms with Crippen molar-refractivity contribution in [2.75, 3.05) is 0 Å². The summed E-state index contributed by atoms with van der Waals surface area (Å²) in [7, 11) is 0. The van der Waals surface area contributed by atoms with Crippen LogP contribution in [0.3, 0.4) is 0 Å². The smallest absolute Gasteiger partial charge is 0.123 e. The van der Waals surface area contributed by atoms with E-state index < -0.39 is 0 Å². The van der Waals surface area contributed by atoms with E-state index in [2.05, 4.69) is 59.7 Å². The van der Waals surface area contributed by atoms with Crippen LogP contribution in [0.15, 0.2) is 24.3 Å². The first-order valence-corrected chi connectivity index (χ1v) is 8.83. The van der Waals surface area contributed by atoms with Crippen LogP contribution >= 0.6 is 34.3 Å². The van der Waals surface area contributed by atoms with Crippen LogP contribution in [0.5, 0.6) is 0 Å². The first-order chi connectivity index (χ1) is 9.07. The summed E-state index contributed by atoms with van der Waals surface area (Å²) in [5.74, 6) is 0. The van der Waals surface area contributed by atoms with E-state index in [0.717, 1.165) is 4.34 Å². The molecule has 2 heterocycles. The van der Waals surface area contributed by atoms with Gasteiger partial charge >= 0.3 is 0 Å². The van der Waals surface area contributed by atoms with Crippen LogP contribution in [0.25, 0.3) is 10.4 Å². The predicted octanol–water partition coefficient (Wildman–Crippen LogP) is 7.01. The number of hydrogen-bond acceptors (Lipinski definition) is 1. The van der Waals surface area contributed by atoms with Gasteiger partial charge in [0, 0.05) is 33.4 Å². The van der Waals surface area contributed by atoms with E-state index >= 15 is 0 Å². The first-order valence-electron chi connectivity index (χ1n) is 6.82. The second kappa shape index (κ2) is 5.40. The van der Waals surface area contributed by atoms with E-state index in [0.29, 0.717) is 0 Å². The van der Waals surface area contributed by atoms with E-state index in [1.807, 2.05) is 17.4 Å². The third kappa shape index (κ3) is 3.60. The van der Waals surface area contributed by atoms with Crippen LogP contribution in [-0.2, 0) is 10.8 Å². The largest absolute Gasteiger partial charge is 0.219 e. The predicted molar refractivity (Wildman–Crippen MR) is 94.4 cm³/mol. The Balaban J connectivity index is 2.63. The molecule has 0 saturated carbocycles. The average molecular weight is 326 g/mol. The zero-order valence-corrected chi connectivity index (χ0v) is 15.4. The lowest BCUT2D eigenvalue weighted by molar-refractivity contribution is 0.593. The first kappa shape index (κ1) is 15.9. The van der Waals surface area contributed by atoms with Crippen molar-refractivity contribution in [3.05, 3.63) is 38.4 Å². The van der Waals surface area contributed by atoms with Crippen molar-refractivity contribution in [1.82, 2.24) is 0 Å². The molecule has 0 aromatic carbocycles. The third-order valence-electron chi connectivity index (χ3n) is 3.13. The molecule has 0 bridgehead atoms. The van der Waals surface area contributed by atoms with Crippen molar-refractivity contribution in [2.24, 2.45) is 0 Å². The molecular weight excluding hydrogens is 304 g/mol. The molecule has 20 heavy (non-hydrogen) atoms. The lowest BCUT2D eigenvalue weighted by Gasteiger charge is -2.16. The Morgan fingerprint density at radius 2 is 1.40 bits per heavy atom. The molecule has 0 aliphatic rings. The molecule has 0 N–H and O–H groups in total. The fraction of sp³-hybridized carbons (Fsp3) is 0.471. The second-order valence-electron chi connectivity index (χ2n) is 7.18. The Hall–Kier alpha value is -0.440. The second-order valence-corrected chi connectivity index (χ2v) is 9.98. The van der Waals surface area contributed by atoms with Crippen LogP contribution in [0.1, 0.15) is 51.3 Å². The van der Waals surface area contributed by atoms with Gasteiger partial charge in [0.2, 0.25) is 21.1 Å². The summed E-state index contributed by atoms with van der Waals surface area (Å²) in [4.78, 5) is 4.09.